The fourth-order valence-electron chi connectivity index (χ4n) is 4.26. The van der Waals surface area contributed by atoms with Gasteiger partial charge in [-0.3, -0.25) is 4.90 Å². The Balaban J connectivity index is 1.56. The van der Waals surface area contributed by atoms with Crippen molar-refractivity contribution in [3.63, 3.8) is 0 Å². The van der Waals surface area contributed by atoms with Crippen LogP contribution < -0.4 is 5.73 Å². The lowest BCUT2D eigenvalue weighted by molar-refractivity contribution is 0.0204. The van der Waals surface area contributed by atoms with Gasteiger partial charge in [0.25, 0.3) is 0 Å². The smallest absolute Gasteiger partial charge is 0.0521 e. The van der Waals surface area contributed by atoms with Crippen molar-refractivity contribution in [1.82, 2.24) is 4.90 Å². The molecule has 18 heavy (non-hydrogen) atoms. The standard InChI is InChI=1S/C15H28N2O/c16-14-7-9-18-11-13(14)10-17-8-3-6-15(17)12-4-1-2-5-12/h12-15H,1-11,16H2. The summed E-state index contributed by atoms with van der Waals surface area (Å²) >= 11 is 0. The van der Waals surface area contributed by atoms with Crippen LogP contribution in [0.25, 0.3) is 0 Å². The number of hydrogen-bond donors (Lipinski definition) is 1. The summed E-state index contributed by atoms with van der Waals surface area (Å²) in [4.78, 5) is 2.75. The third-order valence-corrected chi connectivity index (χ3v) is 5.36. The predicted octanol–water partition coefficient (Wildman–Crippen LogP) is 2.00. The van der Waals surface area contributed by atoms with Crippen LogP contribution in [-0.4, -0.2) is 43.3 Å². The predicted molar refractivity (Wildman–Crippen MR) is 73.5 cm³/mol. The molecule has 3 rings (SSSR count). The maximum absolute atomic E-state index is 6.25. The summed E-state index contributed by atoms with van der Waals surface area (Å²) in [6, 6.07) is 1.23. The van der Waals surface area contributed by atoms with Crippen molar-refractivity contribution in [1.29, 1.82) is 0 Å². The van der Waals surface area contributed by atoms with Crippen LogP contribution in [0.5, 0.6) is 0 Å². The molecule has 2 aliphatic heterocycles. The zero-order valence-corrected chi connectivity index (χ0v) is 11.5. The molecule has 3 aliphatic rings. The first-order valence-electron chi connectivity index (χ1n) is 7.92. The highest BCUT2D eigenvalue weighted by Gasteiger charge is 2.35. The van der Waals surface area contributed by atoms with Crippen LogP contribution in [0, 0.1) is 11.8 Å². The van der Waals surface area contributed by atoms with E-state index in [1.807, 2.05) is 0 Å². The second kappa shape index (κ2) is 5.89. The Labute approximate surface area is 111 Å². The monoisotopic (exact) mass is 252 g/mol. The first-order valence-corrected chi connectivity index (χ1v) is 7.92. The highest BCUT2D eigenvalue weighted by Crippen LogP contribution is 2.36. The van der Waals surface area contributed by atoms with Crippen LogP contribution >= 0.6 is 0 Å². The molecule has 0 amide bonds. The second-order valence-electron chi connectivity index (χ2n) is 6.54. The minimum absolute atomic E-state index is 0.364. The van der Waals surface area contributed by atoms with Crippen LogP contribution in [0.2, 0.25) is 0 Å². The molecule has 104 valence electrons. The maximum Gasteiger partial charge on any atom is 0.0521 e. The van der Waals surface area contributed by atoms with Crippen LogP contribution in [0.15, 0.2) is 0 Å². The van der Waals surface area contributed by atoms with E-state index in [4.69, 9.17) is 10.5 Å². The Morgan fingerprint density at radius 3 is 2.67 bits per heavy atom. The summed E-state index contributed by atoms with van der Waals surface area (Å²) in [6.07, 6.45) is 9.72. The molecule has 3 unspecified atom stereocenters. The number of nitrogens with two attached hydrogens (primary N) is 1. The first kappa shape index (κ1) is 12.9. The lowest BCUT2D eigenvalue weighted by atomic mass is 9.93. The van der Waals surface area contributed by atoms with Crippen LogP contribution in [0.3, 0.4) is 0 Å². The Morgan fingerprint density at radius 1 is 1.06 bits per heavy atom. The summed E-state index contributed by atoms with van der Waals surface area (Å²) in [6.45, 7) is 4.23. The van der Waals surface area contributed by atoms with Crippen molar-refractivity contribution >= 4 is 0 Å². The fourth-order valence-corrected chi connectivity index (χ4v) is 4.26. The molecule has 3 heteroatoms. The molecule has 3 atom stereocenters. The van der Waals surface area contributed by atoms with E-state index in [0.717, 1.165) is 31.6 Å². The summed E-state index contributed by atoms with van der Waals surface area (Å²) in [5, 5.41) is 0. The molecule has 1 aliphatic carbocycles. The minimum Gasteiger partial charge on any atom is -0.381 e. The van der Waals surface area contributed by atoms with Gasteiger partial charge >= 0.3 is 0 Å². The molecule has 0 bridgehead atoms. The number of rotatable bonds is 3. The van der Waals surface area contributed by atoms with Gasteiger partial charge in [0.2, 0.25) is 0 Å². The van der Waals surface area contributed by atoms with Gasteiger partial charge in [-0.2, -0.15) is 0 Å². The quantitative estimate of drug-likeness (QED) is 0.835. The van der Waals surface area contributed by atoms with E-state index in [2.05, 4.69) is 4.90 Å². The second-order valence-corrected chi connectivity index (χ2v) is 6.54. The molecular formula is C15H28N2O. The van der Waals surface area contributed by atoms with Crippen molar-refractivity contribution in [3.8, 4) is 0 Å². The van der Waals surface area contributed by atoms with Gasteiger partial charge in [-0.25, -0.2) is 0 Å². The third-order valence-electron chi connectivity index (χ3n) is 5.36. The summed E-state index contributed by atoms with van der Waals surface area (Å²) in [5.74, 6) is 1.55. The van der Waals surface area contributed by atoms with Crippen LogP contribution in [-0.2, 0) is 4.74 Å². The normalized spacial score (nSPS) is 39.5. The molecular weight excluding hydrogens is 224 g/mol. The van der Waals surface area contributed by atoms with E-state index in [1.165, 1.54) is 51.6 Å². The van der Waals surface area contributed by atoms with E-state index >= 15 is 0 Å². The molecule has 0 aromatic heterocycles. The summed E-state index contributed by atoms with van der Waals surface area (Å²) in [7, 11) is 0. The van der Waals surface area contributed by atoms with Gasteiger partial charge in [-0.1, -0.05) is 12.8 Å². The molecule has 0 aromatic carbocycles. The lowest BCUT2D eigenvalue weighted by Gasteiger charge is -2.36. The summed E-state index contributed by atoms with van der Waals surface area (Å²) < 4.78 is 5.62. The van der Waals surface area contributed by atoms with E-state index < -0.39 is 0 Å². The molecule has 3 nitrogen and oxygen atoms in total. The highest BCUT2D eigenvalue weighted by atomic mass is 16.5. The zero-order valence-electron chi connectivity index (χ0n) is 11.5. The van der Waals surface area contributed by atoms with Gasteiger partial charge in [-0.15, -0.1) is 0 Å². The van der Waals surface area contributed by atoms with Crippen molar-refractivity contribution in [3.05, 3.63) is 0 Å². The van der Waals surface area contributed by atoms with Crippen molar-refractivity contribution < 1.29 is 4.74 Å². The Kier molecular flexibility index (Phi) is 4.22. The Bertz CT molecular complexity index is 265. The molecule has 3 fully saturated rings. The van der Waals surface area contributed by atoms with E-state index in [0.29, 0.717) is 12.0 Å². The Hall–Kier alpha value is -0.120. The molecule has 2 N–H and O–H groups in total. The topological polar surface area (TPSA) is 38.5 Å². The summed E-state index contributed by atoms with van der Waals surface area (Å²) in [5.41, 5.74) is 6.25. The van der Waals surface area contributed by atoms with Crippen LogP contribution in [0.4, 0.5) is 0 Å². The molecule has 2 heterocycles. The Morgan fingerprint density at radius 2 is 1.89 bits per heavy atom. The van der Waals surface area contributed by atoms with Crippen molar-refractivity contribution in [2.24, 2.45) is 17.6 Å². The largest absolute Gasteiger partial charge is 0.381 e. The minimum atomic E-state index is 0.364. The number of hydrogen-bond acceptors (Lipinski definition) is 3. The first-order chi connectivity index (χ1) is 8.84. The maximum atomic E-state index is 6.25. The van der Waals surface area contributed by atoms with Gasteiger partial charge in [0, 0.05) is 31.2 Å². The van der Waals surface area contributed by atoms with E-state index in [1.54, 1.807) is 0 Å². The van der Waals surface area contributed by atoms with Gasteiger partial charge < -0.3 is 10.5 Å². The van der Waals surface area contributed by atoms with E-state index in [-0.39, 0.29) is 0 Å². The average molecular weight is 252 g/mol. The highest BCUT2D eigenvalue weighted by molar-refractivity contribution is 4.90. The van der Waals surface area contributed by atoms with Gasteiger partial charge in [0.15, 0.2) is 0 Å². The third kappa shape index (κ3) is 2.73. The lowest BCUT2D eigenvalue weighted by Crippen LogP contribution is -2.47. The molecule has 0 aromatic rings. The molecule has 0 radical (unpaired) electrons. The van der Waals surface area contributed by atoms with Gasteiger partial charge in [0.1, 0.15) is 0 Å². The zero-order chi connectivity index (χ0) is 12.4. The van der Waals surface area contributed by atoms with E-state index in [9.17, 15) is 0 Å². The average Bonchev–Trinajstić information content (AvgIpc) is 3.02. The number of likely N-dealkylation sites (tertiary alicyclic amines) is 1. The van der Waals surface area contributed by atoms with Crippen molar-refractivity contribution in [2.75, 3.05) is 26.3 Å². The van der Waals surface area contributed by atoms with Crippen LogP contribution in [0.1, 0.15) is 44.9 Å². The van der Waals surface area contributed by atoms with Gasteiger partial charge in [-0.05, 0) is 44.6 Å². The fraction of sp³-hybridized carbons (Fsp3) is 1.00. The molecule has 2 saturated heterocycles. The van der Waals surface area contributed by atoms with Crippen molar-refractivity contribution in [2.45, 2.75) is 57.0 Å². The SMILES string of the molecule is NC1CCOCC1CN1CCCC1C1CCCC1. The number of ether oxygens (including phenoxy) is 1. The molecule has 0 spiro atoms. The van der Waals surface area contributed by atoms with Gasteiger partial charge in [0.05, 0.1) is 6.61 Å². The number of nitrogens with zero attached hydrogens (tertiary/aromatic N) is 1. The molecule has 1 saturated carbocycles.